The standard InChI is InChI=1S/C27H34N6O2S/c1-12(2)22-23-13(3)25(17-6-16-5-15(17)8-33(16)9-21(29)34)36-27(23)32-24(22)18-7-30-26(31-14(4)28)20-11-35-10-19(18)20/h7,12,15-17,32H,5-6,8-11H2,1-4H3,(H2,29,34)(H2,28,30,31). The molecule has 0 aromatic carbocycles. The second-order valence-electron chi connectivity index (χ2n) is 10.9. The van der Waals surface area contributed by atoms with Gasteiger partial charge in [-0.15, -0.1) is 11.3 Å². The van der Waals surface area contributed by atoms with Crippen molar-refractivity contribution in [1.82, 2.24) is 14.9 Å². The Morgan fingerprint density at radius 1 is 1.31 bits per heavy atom. The van der Waals surface area contributed by atoms with E-state index in [0.717, 1.165) is 35.3 Å². The van der Waals surface area contributed by atoms with Crippen molar-refractivity contribution < 1.29 is 9.53 Å². The van der Waals surface area contributed by atoms with Crippen LogP contribution in [0.2, 0.25) is 0 Å². The zero-order chi connectivity index (χ0) is 25.3. The second kappa shape index (κ2) is 8.68. The summed E-state index contributed by atoms with van der Waals surface area (Å²) in [6.45, 7) is 11.0. The van der Waals surface area contributed by atoms with Gasteiger partial charge >= 0.3 is 0 Å². The first-order valence-corrected chi connectivity index (χ1v) is 13.6. The van der Waals surface area contributed by atoms with E-state index in [-0.39, 0.29) is 5.91 Å². The number of nitrogens with zero attached hydrogens (tertiary/aromatic N) is 3. The Morgan fingerprint density at radius 2 is 2.08 bits per heavy atom. The van der Waals surface area contributed by atoms with Crippen LogP contribution in [0, 0.1) is 12.8 Å². The molecule has 8 nitrogen and oxygen atoms in total. The Hall–Kier alpha value is -2.75. The SMILES string of the molecule is CC(N)=Nc1ncc(-c2[nH]c3sc(C4CC5CC4CN5CC(N)=O)c(C)c3c2C(C)C)c2c1COC2. The summed E-state index contributed by atoms with van der Waals surface area (Å²) in [5.41, 5.74) is 18.5. The first-order chi connectivity index (χ1) is 17.2. The zero-order valence-electron chi connectivity index (χ0n) is 21.4. The number of carbonyl (C=O) groups is 1. The molecule has 9 heteroatoms. The molecule has 2 bridgehead atoms. The van der Waals surface area contributed by atoms with Crippen molar-refractivity contribution in [2.75, 3.05) is 13.1 Å². The third-order valence-corrected chi connectivity index (χ3v) is 9.55. The van der Waals surface area contributed by atoms with E-state index in [0.29, 0.717) is 55.2 Å². The monoisotopic (exact) mass is 506 g/mol. The summed E-state index contributed by atoms with van der Waals surface area (Å²) in [4.78, 5) is 29.4. The minimum atomic E-state index is -0.224. The van der Waals surface area contributed by atoms with Crippen molar-refractivity contribution >= 4 is 39.1 Å². The Morgan fingerprint density at radius 3 is 2.75 bits per heavy atom. The van der Waals surface area contributed by atoms with Crippen LogP contribution in [-0.2, 0) is 22.7 Å². The molecule has 2 fully saturated rings. The molecule has 1 aliphatic carbocycles. The number of aromatic nitrogens is 2. The number of rotatable bonds is 6. The number of likely N-dealkylation sites (tertiary alicyclic amines) is 1. The number of ether oxygens (including phenoxy) is 1. The highest BCUT2D eigenvalue weighted by molar-refractivity contribution is 7.19. The van der Waals surface area contributed by atoms with Gasteiger partial charge in [0.15, 0.2) is 5.82 Å². The number of amides is 1. The molecule has 3 atom stereocenters. The molecule has 6 rings (SSSR count). The highest BCUT2D eigenvalue weighted by Crippen LogP contribution is 2.53. The minimum Gasteiger partial charge on any atom is -0.387 e. The van der Waals surface area contributed by atoms with Gasteiger partial charge in [-0.25, -0.2) is 9.98 Å². The number of amidine groups is 1. The van der Waals surface area contributed by atoms with Gasteiger partial charge in [-0.2, -0.15) is 0 Å². The number of carbonyl (C=O) groups excluding carboxylic acids is 1. The van der Waals surface area contributed by atoms with Crippen LogP contribution in [0.1, 0.15) is 72.6 Å². The third-order valence-electron chi connectivity index (χ3n) is 8.21. The number of fused-ring (bicyclic) bond motifs is 4. The lowest BCUT2D eigenvalue weighted by Crippen LogP contribution is -2.40. The summed E-state index contributed by atoms with van der Waals surface area (Å²) in [7, 11) is 0. The zero-order valence-corrected chi connectivity index (χ0v) is 22.2. The van der Waals surface area contributed by atoms with Gasteiger partial charge in [-0.3, -0.25) is 9.69 Å². The molecule has 36 heavy (non-hydrogen) atoms. The Balaban J connectivity index is 1.40. The smallest absolute Gasteiger partial charge is 0.231 e. The van der Waals surface area contributed by atoms with Crippen LogP contribution in [0.5, 0.6) is 0 Å². The quantitative estimate of drug-likeness (QED) is 0.337. The van der Waals surface area contributed by atoms with E-state index in [4.69, 9.17) is 16.2 Å². The molecular formula is C27H34N6O2S. The summed E-state index contributed by atoms with van der Waals surface area (Å²) in [5, 5.41) is 1.37. The van der Waals surface area contributed by atoms with E-state index in [1.165, 1.54) is 32.6 Å². The number of H-pyrrole nitrogens is 1. The maximum absolute atomic E-state index is 11.5. The first kappa shape index (κ1) is 23.6. The number of hydrogen-bond donors (Lipinski definition) is 3. The van der Waals surface area contributed by atoms with Gasteiger partial charge in [0.1, 0.15) is 4.83 Å². The number of hydrogen-bond acceptors (Lipinski definition) is 6. The summed E-state index contributed by atoms with van der Waals surface area (Å²) in [6, 6.07) is 0.472. The van der Waals surface area contributed by atoms with E-state index in [2.05, 4.69) is 40.6 Å². The van der Waals surface area contributed by atoms with Crippen LogP contribution < -0.4 is 11.5 Å². The highest BCUT2D eigenvalue weighted by atomic mass is 32.1. The average Bonchev–Trinajstić information content (AvgIpc) is 3.60. The summed E-state index contributed by atoms with van der Waals surface area (Å²) in [5.74, 6) is 2.44. The molecule has 2 aliphatic heterocycles. The lowest BCUT2D eigenvalue weighted by molar-refractivity contribution is -0.119. The maximum Gasteiger partial charge on any atom is 0.231 e. The van der Waals surface area contributed by atoms with Crippen LogP contribution in [-0.4, -0.2) is 45.7 Å². The van der Waals surface area contributed by atoms with Gasteiger partial charge in [-0.05, 0) is 61.1 Å². The molecule has 5 heterocycles. The summed E-state index contributed by atoms with van der Waals surface area (Å²) in [6.07, 6.45) is 4.21. The van der Waals surface area contributed by atoms with Crippen LogP contribution >= 0.6 is 11.3 Å². The second-order valence-corrected chi connectivity index (χ2v) is 12.0. The van der Waals surface area contributed by atoms with Crippen molar-refractivity contribution in [3.05, 3.63) is 33.3 Å². The van der Waals surface area contributed by atoms with Crippen LogP contribution in [0.3, 0.4) is 0 Å². The van der Waals surface area contributed by atoms with Crippen molar-refractivity contribution in [2.45, 2.75) is 71.6 Å². The molecule has 1 saturated heterocycles. The average molecular weight is 507 g/mol. The molecular weight excluding hydrogens is 472 g/mol. The van der Waals surface area contributed by atoms with E-state index >= 15 is 0 Å². The Labute approximate surface area is 215 Å². The fourth-order valence-corrected chi connectivity index (χ4v) is 8.22. The molecule has 190 valence electrons. The van der Waals surface area contributed by atoms with Crippen molar-refractivity contribution in [3.63, 3.8) is 0 Å². The first-order valence-electron chi connectivity index (χ1n) is 12.8. The lowest BCUT2D eigenvalue weighted by atomic mass is 9.88. The van der Waals surface area contributed by atoms with Crippen molar-refractivity contribution in [1.29, 1.82) is 0 Å². The van der Waals surface area contributed by atoms with E-state index < -0.39 is 0 Å². The number of aliphatic imine (C=N–C) groups is 1. The number of pyridine rings is 1. The minimum absolute atomic E-state index is 0.224. The topological polar surface area (TPSA) is 123 Å². The number of aromatic amines is 1. The largest absolute Gasteiger partial charge is 0.387 e. The lowest BCUT2D eigenvalue weighted by Gasteiger charge is -2.30. The maximum atomic E-state index is 11.5. The number of thiophene rings is 1. The summed E-state index contributed by atoms with van der Waals surface area (Å²) < 4.78 is 5.83. The van der Waals surface area contributed by atoms with Gasteiger partial charge in [0.25, 0.3) is 0 Å². The van der Waals surface area contributed by atoms with Gasteiger partial charge in [0.2, 0.25) is 5.91 Å². The normalized spacial score (nSPS) is 23.9. The van der Waals surface area contributed by atoms with Gasteiger partial charge in [0, 0.05) is 40.2 Å². The molecule has 0 spiro atoms. The predicted octanol–water partition coefficient (Wildman–Crippen LogP) is 4.43. The summed E-state index contributed by atoms with van der Waals surface area (Å²) >= 11 is 1.91. The number of aryl methyl sites for hydroxylation is 1. The fourth-order valence-electron chi connectivity index (χ4n) is 6.78. The highest BCUT2D eigenvalue weighted by Gasteiger charge is 2.46. The molecule has 1 saturated carbocycles. The van der Waals surface area contributed by atoms with E-state index in [1.807, 2.05) is 17.5 Å². The molecule has 3 aromatic heterocycles. The number of piperidine rings is 1. The van der Waals surface area contributed by atoms with E-state index in [9.17, 15) is 4.79 Å². The van der Waals surface area contributed by atoms with E-state index in [1.54, 1.807) is 6.92 Å². The molecule has 3 aliphatic rings. The molecule has 5 N–H and O–H groups in total. The van der Waals surface area contributed by atoms with Gasteiger partial charge < -0.3 is 21.2 Å². The van der Waals surface area contributed by atoms with Crippen LogP contribution in [0.4, 0.5) is 5.82 Å². The van der Waals surface area contributed by atoms with Gasteiger partial charge in [0.05, 0.1) is 31.3 Å². The van der Waals surface area contributed by atoms with Crippen molar-refractivity contribution in [2.24, 2.45) is 22.4 Å². The molecule has 0 radical (unpaired) electrons. The molecule has 3 unspecified atom stereocenters. The van der Waals surface area contributed by atoms with Gasteiger partial charge in [-0.1, -0.05) is 13.8 Å². The fraction of sp³-hybridized carbons (Fsp3) is 0.519. The molecule has 1 amide bonds. The van der Waals surface area contributed by atoms with Crippen molar-refractivity contribution in [3.8, 4) is 11.3 Å². The predicted molar refractivity (Wildman–Crippen MR) is 144 cm³/mol. The Kier molecular flexibility index (Phi) is 5.70. The number of nitrogens with one attached hydrogen (secondary N) is 1. The van der Waals surface area contributed by atoms with Crippen LogP contribution in [0.15, 0.2) is 11.2 Å². The number of nitrogens with two attached hydrogens (primary N) is 2. The third kappa shape index (κ3) is 3.67. The molecule has 3 aromatic rings. The van der Waals surface area contributed by atoms with Crippen LogP contribution in [0.25, 0.3) is 21.5 Å². The Bertz CT molecular complexity index is 1400. The number of primary amides is 1.